The smallest absolute Gasteiger partial charge is 0.237 e. The number of carbonyl (C=O) groups is 2. The van der Waals surface area contributed by atoms with Crippen LogP contribution in [-0.4, -0.2) is 17.9 Å². The van der Waals surface area contributed by atoms with Crippen LogP contribution in [0.15, 0.2) is 24.3 Å². The van der Waals surface area contributed by atoms with Gasteiger partial charge in [0, 0.05) is 18.2 Å². The first-order valence-corrected chi connectivity index (χ1v) is 6.87. The van der Waals surface area contributed by atoms with Crippen LogP contribution in [0.25, 0.3) is 0 Å². The van der Waals surface area contributed by atoms with Crippen LogP contribution < -0.4 is 16.4 Å². The highest BCUT2D eigenvalue weighted by Gasteiger charge is 2.10. The van der Waals surface area contributed by atoms with Crippen molar-refractivity contribution in [2.75, 3.05) is 5.32 Å². The number of carbonyl (C=O) groups excluding carboxylic acids is 2. The summed E-state index contributed by atoms with van der Waals surface area (Å²) in [5.41, 5.74) is 7.34. The van der Waals surface area contributed by atoms with Gasteiger partial charge < -0.3 is 16.4 Å². The van der Waals surface area contributed by atoms with Crippen molar-refractivity contribution in [3.05, 3.63) is 29.8 Å². The second-order valence-electron chi connectivity index (χ2n) is 5.07. The Hall–Kier alpha value is -1.59. The van der Waals surface area contributed by atoms with Crippen molar-refractivity contribution < 1.29 is 9.59 Å². The average Bonchev–Trinajstić information content (AvgIpc) is 2.45. The van der Waals surface area contributed by atoms with Crippen molar-refractivity contribution >= 4 is 29.9 Å². The van der Waals surface area contributed by atoms with Gasteiger partial charge in [0.1, 0.15) is 0 Å². The van der Waals surface area contributed by atoms with Gasteiger partial charge in [-0.05, 0) is 24.1 Å². The Bertz CT molecular complexity index is 460. The molecule has 0 fully saturated rings. The highest BCUT2D eigenvalue weighted by Crippen LogP contribution is 2.11. The fraction of sp³-hybridized carbons (Fsp3) is 0.467. The molecule has 0 aliphatic rings. The van der Waals surface area contributed by atoms with E-state index in [0.29, 0.717) is 13.0 Å². The lowest BCUT2D eigenvalue weighted by Gasteiger charge is -2.11. The molecule has 1 aromatic rings. The summed E-state index contributed by atoms with van der Waals surface area (Å²) in [4.78, 5) is 23.1. The van der Waals surface area contributed by atoms with Crippen molar-refractivity contribution in [1.29, 1.82) is 0 Å². The first-order valence-electron chi connectivity index (χ1n) is 6.87. The molecule has 1 rings (SSSR count). The van der Waals surface area contributed by atoms with Crippen LogP contribution in [0, 0.1) is 5.92 Å². The quantitative estimate of drug-likeness (QED) is 0.751. The lowest BCUT2D eigenvalue weighted by Crippen LogP contribution is -2.39. The van der Waals surface area contributed by atoms with E-state index < -0.39 is 6.04 Å². The summed E-state index contributed by atoms with van der Waals surface area (Å²) < 4.78 is 0. The minimum Gasteiger partial charge on any atom is -0.351 e. The maximum Gasteiger partial charge on any atom is 0.237 e. The second-order valence-corrected chi connectivity index (χ2v) is 5.07. The molecule has 0 aliphatic carbocycles. The van der Waals surface area contributed by atoms with E-state index >= 15 is 0 Å². The van der Waals surface area contributed by atoms with Gasteiger partial charge in [0.2, 0.25) is 11.8 Å². The molecule has 0 aromatic heterocycles. The number of anilines is 1. The zero-order chi connectivity index (χ0) is 15.1. The van der Waals surface area contributed by atoms with E-state index in [2.05, 4.69) is 10.6 Å². The summed E-state index contributed by atoms with van der Waals surface area (Å²) in [6, 6.07) is 6.92. The van der Waals surface area contributed by atoms with Gasteiger partial charge in [-0.3, -0.25) is 9.59 Å². The monoisotopic (exact) mass is 313 g/mol. The summed E-state index contributed by atoms with van der Waals surface area (Å²) in [6.07, 6.45) is 0.617. The standard InChI is InChI=1S/C15H23N3O2.ClH/c1-4-13(16)15(20)17-9-11-5-7-12(8-6-11)18-14(19)10(2)3;/h5-8,10,13H,4,9,16H2,1-3H3,(H,17,20)(H,18,19);1H/t13-;/m0./s1. The Labute approximate surface area is 132 Å². The predicted molar refractivity (Wildman–Crippen MR) is 87.3 cm³/mol. The Morgan fingerprint density at radius 3 is 2.19 bits per heavy atom. The molecule has 0 bridgehead atoms. The summed E-state index contributed by atoms with van der Waals surface area (Å²) in [6.45, 7) is 5.99. The molecular weight excluding hydrogens is 290 g/mol. The highest BCUT2D eigenvalue weighted by atomic mass is 35.5. The van der Waals surface area contributed by atoms with Crippen LogP contribution >= 0.6 is 12.4 Å². The molecule has 0 radical (unpaired) electrons. The molecule has 1 aromatic carbocycles. The van der Waals surface area contributed by atoms with Crippen molar-refractivity contribution in [2.45, 2.75) is 39.8 Å². The first kappa shape index (κ1) is 19.4. The third-order valence-corrected chi connectivity index (χ3v) is 2.99. The number of nitrogens with one attached hydrogen (secondary N) is 2. The molecule has 5 nitrogen and oxygen atoms in total. The normalized spacial score (nSPS) is 11.5. The molecule has 118 valence electrons. The van der Waals surface area contributed by atoms with Gasteiger partial charge in [-0.1, -0.05) is 32.9 Å². The van der Waals surface area contributed by atoms with Crippen LogP contribution in [0.3, 0.4) is 0 Å². The van der Waals surface area contributed by atoms with E-state index in [1.165, 1.54) is 0 Å². The summed E-state index contributed by atoms with van der Waals surface area (Å²) >= 11 is 0. The van der Waals surface area contributed by atoms with E-state index in [0.717, 1.165) is 11.3 Å². The van der Waals surface area contributed by atoms with Crippen LogP contribution in [0.2, 0.25) is 0 Å². The maximum absolute atomic E-state index is 11.5. The largest absolute Gasteiger partial charge is 0.351 e. The SMILES string of the molecule is CC[C@H](N)C(=O)NCc1ccc(NC(=O)C(C)C)cc1.Cl. The third-order valence-electron chi connectivity index (χ3n) is 2.99. The fourth-order valence-electron chi connectivity index (χ4n) is 1.50. The van der Waals surface area contributed by atoms with Crippen molar-refractivity contribution in [3.63, 3.8) is 0 Å². The van der Waals surface area contributed by atoms with Crippen LogP contribution in [0.4, 0.5) is 5.69 Å². The lowest BCUT2D eigenvalue weighted by atomic mass is 10.1. The molecule has 0 heterocycles. The molecule has 2 amide bonds. The van der Waals surface area contributed by atoms with Gasteiger partial charge in [0.15, 0.2) is 0 Å². The number of halogens is 1. The number of rotatable bonds is 6. The molecular formula is C15H24ClN3O2. The van der Waals surface area contributed by atoms with Crippen molar-refractivity contribution in [3.8, 4) is 0 Å². The molecule has 0 spiro atoms. The number of amides is 2. The molecule has 0 unspecified atom stereocenters. The summed E-state index contributed by atoms with van der Waals surface area (Å²) in [7, 11) is 0. The van der Waals surface area contributed by atoms with Gasteiger partial charge >= 0.3 is 0 Å². The number of benzene rings is 1. The van der Waals surface area contributed by atoms with Crippen LogP contribution in [0.5, 0.6) is 0 Å². The zero-order valence-corrected chi connectivity index (χ0v) is 13.5. The van der Waals surface area contributed by atoms with Gasteiger partial charge in [-0.2, -0.15) is 0 Å². The number of hydrogen-bond donors (Lipinski definition) is 3. The zero-order valence-electron chi connectivity index (χ0n) is 12.7. The van der Waals surface area contributed by atoms with E-state index in [-0.39, 0.29) is 30.1 Å². The van der Waals surface area contributed by atoms with Crippen molar-refractivity contribution in [1.82, 2.24) is 5.32 Å². The Kier molecular flexibility index (Phi) is 8.66. The number of hydrogen-bond acceptors (Lipinski definition) is 3. The Morgan fingerprint density at radius 1 is 1.14 bits per heavy atom. The topological polar surface area (TPSA) is 84.2 Å². The van der Waals surface area contributed by atoms with Crippen LogP contribution in [0.1, 0.15) is 32.8 Å². The molecule has 0 saturated heterocycles. The highest BCUT2D eigenvalue weighted by molar-refractivity contribution is 5.92. The number of nitrogens with two attached hydrogens (primary N) is 1. The summed E-state index contributed by atoms with van der Waals surface area (Å²) in [5, 5.41) is 5.59. The molecule has 21 heavy (non-hydrogen) atoms. The lowest BCUT2D eigenvalue weighted by molar-refractivity contribution is -0.122. The van der Waals surface area contributed by atoms with E-state index in [4.69, 9.17) is 5.73 Å². The minimum absolute atomic E-state index is 0. The van der Waals surface area contributed by atoms with Gasteiger partial charge in [-0.25, -0.2) is 0 Å². The molecule has 1 atom stereocenters. The molecule has 4 N–H and O–H groups in total. The first-order chi connectivity index (χ1) is 9.43. The summed E-state index contributed by atoms with van der Waals surface area (Å²) in [5.74, 6) is -0.214. The van der Waals surface area contributed by atoms with E-state index in [1.807, 2.05) is 45.0 Å². The second kappa shape index (κ2) is 9.37. The third kappa shape index (κ3) is 6.60. The molecule has 0 aliphatic heterocycles. The Morgan fingerprint density at radius 2 is 1.71 bits per heavy atom. The Balaban J connectivity index is 0.00000400. The van der Waals surface area contributed by atoms with E-state index in [1.54, 1.807) is 0 Å². The van der Waals surface area contributed by atoms with Crippen molar-refractivity contribution in [2.24, 2.45) is 11.7 Å². The van der Waals surface area contributed by atoms with Gasteiger partial charge in [0.05, 0.1) is 6.04 Å². The van der Waals surface area contributed by atoms with Gasteiger partial charge in [-0.15, -0.1) is 12.4 Å². The molecule has 0 saturated carbocycles. The fourth-order valence-corrected chi connectivity index (χ4v) is 1.50. The average molecular weight is 314 g/mol. The van der Waals surface area contributed by atoms with Crippen LogP contribution in [-0.2, 0) is 16.1 Å². The van der Waals surface area contributed by atoms with E-state index in [9.17, 15) is 9.59 Å². The minimum atomic E-state index is -0.459. The van der Waals surface area contributed by atoms with Gasteiger partial charge in [0.25, 0.3) is 0 Å². The molecule has 6 heteroatoms. The maximum atomic E-state index is 11.5. The predicted octanol–water partition coefficient (Wildman–Crippen LogP) is 2.06.